The van der Waals surface area contributed by atoms with Crippen molar-refractivity contribution in [3.8, 4) is 0 Å². The third kappa shape index (κ3) is 3.64. The number of esters is 1. The van der Waals surface area contributed by atoms with Crippen molar-refractivity contribution in [1.82, 2.24) is 3.97 Å². The van der Waals surface area contributed by atoms with Crippen molar-refractivity contribution >= 4 is 49.5 Å². The van der Waals surface area contributed by atoms with Gasteiger partial charge in [0.05, 0.1) is 16.0 Å². The van der Waals surface area contributed by atoms with Gasteiger partial charge in [0.25, 0.3) is 10.0 Å². The Balaban J connectivity index is 2.10. The van der Waals surface area contributed by atoms with Gasteiger partial charge in [-0.25, -0.2) is 17.2 Å². The van der Waals surface area contributed by atoms with Crippen LogP contribution < -0.4 is 0 Å². The number of fused-ring (bicyclic) bond motifs is 1. The number of nitrogens with zero attached hydrogens (tertiary/aromatic N) is 1. The van der Waals surface area contributed by atoms with E-state index in [2.05, 4.69) is 22.6 Å². The fraction of sp³-hybridized carbons (Fsp3) is 0.211. The zero-order chi connectivity index (χ0) is 19.1. The molecule has 1 heterocycles. The van der Waals surface area contributed by atoms with E-state index in [-0.39, 0.29) is 4.90 Å². The minimum Gasteiger partial charge on any atom is -0.456 e. The lowest BCUT2D eigenvalue weighted by atomic mass is 10.1. The molecule has 26 heavy (non-hydrogen) atoms. The van der Waals surface area contributed by atoms with E-state index in [0.717, 1.165) is 3.57 Å². The molecule has 0 atom stereocenters. The smallest absolute Gasteiger partial charge is 0.338 e. The van der Waals surface area contributed by atoms with Gasteiger partial charge in [-0.05, 0) is 73.7 Å². The summed E-state index contributed by atoms with van der Waals surface area (Å²) in [6.07, 6.45) is 1.56. The first-order valence-electron chi connectivity index (χ1n) is 7.94. The molecule has 7 heteroatoms. The quantitative estimate of drug-likeness (QED) is 0.408. The molecule has 0 amide bonds. The Morgan fingerprint density at radius 3 is 2.35 bits per heavy atom. The number of benzene rings is 2. The van der Waals surface area contributed by atoms with E-state index in [9.17, 15) is 13.2 Å². The minimum absolute atomic E-state index is 0.213. The number of hydrogen-bond acceptors (Lipinski definition) is 4. The van der Waals surface area contributed by atoms with Crippen LogP contribution in [0.15, 0.2) is 59.6 Å². The van der Waals surface area contributed by atoms with Crippen LogP contribution in [0.2, 0.25) is 0 Å². The van der Waals surface area contributed by atoms with Gasteiger partial charge in [0.1, 0.15) is 5.60 Å². The van der Waals surface area contributed by atoms with E-state index in [1.54, 1.807) is 75.5 Å². The molecular formula is C19H18INO4S. The lowest BCUT2D eigenvalue weighted by Crippen LogP contribution is -2.23. The topological polar surface area (TPSA) is 65.4 Å². The molecule has 0 aliphatic carbocycles. The van der Waals surface area contributed by atoms with Gasteiger partial charge < -0.3 is 4.74 Å². The maximum Gasteiger partial charge on any atom is 0.338 e. The molecule has 1 aromatic heterocycles. The van der Waals surface area contributed by atoms with Crippen LogP contribution in [0.5, 0.6) is 0 Å². The first-order chi connectivity index (χ1) is 12.1. The molecule has 0 bridgehead atoms. The monoisotopic (exact) mass is 483 g/mol. The second-order valence-electron chi connectivity index (χ2n) is 6.82. The molecule has 136 valence electrons. The second kappa shape index (κ2) is 6.70. The largest absolute Gasteiger partial charge is 0.456 e. The molecule has 5 nitrogen and oxygen atoms in total. The average molecular weight is 483 g/mol. The maximum absolute atomic E-state index is 12.9. The summed E-state index contributed by atoms with van der Waals surface area (Å²) in [5.74, 6) is -0.436. The van der Waals surface area contributed by atoms with E-state index >= 15 is 0 Å². The minimum atomic E-state index is -3.71. The highest BCUT2D eigenvalue weighted by Gasteiger charge is 2.23. The molecule has 0 unspecified atom stereocenters. The van der Waals surface area contributed by atoms with Crippen molar-refractivity contribution in [2.75, 3.05) is 0 Å². The Labute approximate surface area is 166 Å². The lowest BCUT2D eigenvalue weighted by Gasteiger charge is -2.19. The van der Waals surface area contributed by atoms with Crippen LogP contribution in [0, 0.1) is 3.57 Å². The number of aromatic nitrogens is 1. The summed E-state index contributed by atoms with van der Waals surface area (Å²) in [5, 5.41) is 0.688. The Morgan fingerprint density at radius 1 is 1.08 bits per heavy atom. The Kier molecular flexibility index (Phi) is 4.87. The van der Waals surface area contributed by atoms with Crippen molar-refractivity contribution in [2.24, 2.45) is 0 Å². The van der Waals surface area contributed by atoms with Crippen LogP contribution in [0.25, 0.3) is 10.9 Å². The summed E-state index contributed by atoms with van der Waals surface area (Å²) in [5.41, 5.74) is 0.313. The van der Waals surface area contributed by atoms with Gasteiger partial charge in [0.15, 0.2) is 0 Å². The summed E-state index contributed by atoms with van der Waals surface area (Å²) in [7, 11) is -3.71. The molecular weight excluding hydrogens is 465 g/mol. The zero-order valence-corrected chi connectivity index (χ0v) is 17.5. The summed E-state index contributed by atoms with van der Waals surface area (Å²) in [6, 6.07) is 13.1. The van der Waals surface area contributed by atoms with Crippen molar-refractivity contribution in [2.45, 2.75) is 31.3 Å². The van der Waals surface area contributed by atoms with Crippen molar-refractivity contribution in [1.29, 1.82) is 0 Å². The van der Waals surface area contributed by atoms with Crippen LogP contribution in [0.3, 0.4) is 0 Å². The van der Waals surface area contributed by atoms with Crippen LogP contribution in [-0.4, -0.2) is 24.0 Å². The van der Waals surface area contributed by atoms with Gasteiger partial charge in [-0.15, -0.1) is 0 Å². The summed E-state index contributed by atoms with van der Waals surface area (Å²) in [6.45, 7) is 5.41. The van der Waals surface area contributed by atoms with E-state index in [1.165, 1.54) is 3.97 Å². The van der Waals surface area contributed by atoms with Crippen molar-refractivity contribution < 1.29 is 17.9 Å². The molecule has 0 N–H and O–H groups in total. The third-order valence-corrected chi connectivity index (χ3v) is 6.20. The van der Waals surface area contributed by atoms with Gasteiger partial charge in [0.2, 0.25) is 0 Å². The highest BCUT2D eigenvalue weighted by atomic mass is 127. The van der Waals surface area contributed by atoms with E-state index in [4.69, 9.17) is 4.74 Å². The second-order valence-corrected chi connectivity index (χ2v) is 9.80. The lowest BCUT2D eigenvalue weighted by molar-refractivity contribution is 0.00697. The number of halogens is 1. The molecule has 2 aromatic carbocycles. The molecule has 0 radical (unpaired) electrons. The Morgan fingerprint density at radius 2 is 1.73 bits per heavy atom. The number of carbonyl (C=O) groups excluding carboxylic acids is 1. The van der Waals surface area contributed by atoms with Crippen LogP contribution in [0.1, 0.15) is 31.1 Å². The highest BCUT2D eigenvalue weighted by Crippen LogP contribution is 2.28. The first-order valence-corrected chi connectivity index (χ1v) is 10.5. The van der Waals surface area contributed by atoms with Gasteiger partial charge in [-0.1, -0.05) is 18.2 Å². The molecule has 0 saturated carbocycles. The fourth-order valence-electron chi connectivity index (χ4n) is 2.53. The van der Waals surface area contributed by atoms with Crippen LogP contribution in [0.4, 0.5) is 0 Å². The molecule has 0 aliphatic rings. The predicted molar refractivity (Wildman–Crippen MR) is 109 cm³/mol. The van der Waals surface area contributed by atoms with Gasteiger partial charge in [-0.2, -0.15) is 0 Å². The third-order valence-electron chi connectivity index (χ3n) is 3.66. The van der Waals surface area contributed by atoms with Crippen LogP contribution in [-0.2, 0) is 14.8 Å². The SMILES string of the molecule is CC(C)(C)OC(=O)c1ccc2c(c1)c(I)cn2S(=O)(=O)c1ccccc1. The van der Waals surface area contributed by atoms with E-state index in [0.29, 0.717) is 16.5 Å². The average Bonchev–Trinajstić information content (AvgIpc) is 2.91. The maximum atomic E-state index is 12.9. The molecule has 3 rings (SSSR count). The van der Waals surface area contributed by atoms with Crippen molar-refractivity contribution in [3.63, 3.8) is 0 Å². The predicted octanol–water partition coefficient (Wildman–Crippen LogP) is 4.44. The summed E-state index contributed by atoms with van der Waals surface area (Å²) in [4.78, 5) is 12.5. The Bertz CT molecular complexity index is 1080. The summed E-state index contributed by atoms with van der Waals surface area (Å²) < 4.78 is 33.2. The number of hydrogen-bond donors (Lipinski definition) is 0. The van der Waals surface area contributed by atoms with Gasteiger partial charge >= 0.3 is 5.97 Å². The van der Waals surface area contributed by atoms with E-state index in [1.807, 2.05) is 0 Å². The Hall–Kier alpha value is -1.87. The van der Waals surface area contributed by atoms with Crippen LogP contribution >= 0.6 is 22.6 Å². The molecule has 0 aliphatic heterocycles. The standard InChI is InChI=1S/C19H18INO4S/c1-19(2,3)25-18(22)13-9-10-17-15(11-13)16(20)12-21(17)26(23,24)14-7-5-4-6-8-14/h4-12H,1-3H3. The summed E-state index contributed by atoms with van der Waals surface area (Å²) >= 11 is 2.07. The van der Waals surface area contributed by atoms with Gasteiger partial charge in [0, 0.05) is 15.2 Å². The zero-order valence-electron chi connectivity index (χ0n) is 14.6. The normalized spacial score (nSPS) is 12.3. The number of rotatable bonds is 3. The molecule has 0 fully saturated rings. The van der Waals surface area contributed by atoms with E-state index < -0.39 is 21.6 Å². The molecule has 0 spiro atoms. The number of ether oxygens (including phenoxy) is 1. The fourth-order valence-corrected chi connectivity index (χ4v) is 4.82. The molecule has 3 aromatic rings. The number of carbonyl (C=O) groups is 1. The highest BCUT2D eigenvalue weighted by molar-refractivity contribution is 14.1. The molecule has 0 saturated heterocycles. The van der Waals surface area contributed by atoms with Crippen molar-refractivity contribution in [3.05, 3.63) is 63.9 Å². The first kappa shape index (κ1) is 18.9. The van der Waals surface area contributed by atoms with Gasteiger partial charge in [-0.3, -0.25) is 0 Å².